The number of rotatable bonds is 6. The Morgan fingerprint density at radius 3 is 2.92 bits per heavy atom. The summed E-state index contributed by atoms with van der Waals surface area (Å²) in [6, 6.07) is 14.2. The fourth-order valence-corrected chi connectivity index (χ4v) is 3.75. The van der Waals surface area contributed by atoms with Gasteiger partial charge in [-0.1, -0.05) is 36.4 Å². The molecule has 0 unspecified atom stereocenters. The van der Waals surface area contributed by atoms with Crippen molar-refractivity contribution >= 4 is 23.1 Å². The lowest BCUT2D eigenvalue weighted by Gasteiger charge is -2.23. The van der Waals surface area contributed by atoms with Gasteiger partial charge in [-0.25, -0.2) is 4.68 Å². The fraction of sp³-hybridized carbons (Fsp3) is 0.263. The van der Waals surface area contributed by atoms with Gasteiger partial charge in [0.1, 0.15) is 5.82 Å². The number of thiophene rings is 1. The van der Waals surface area contributed by atoms with Crippen LogP contribution in [0.15, 0.2) is 54.0 Å². The average Bonchev–Trinajstić information content (AvgIpc) is 3.27. The van der Waals surface area contributed by atoms with Crippen molar-refractivity contribution in [2.24, 2.45) is 0 Å². The number of carbonyl (C=O) groups excluding carboxylic acids is 1. The third kappa shape index (κ3) is 3.65. The molecule has 1 N–H and O–H groups in total. The lowest BCUT2D eigenvalue weighted by Crippen LogP contribution is -2.26. The Morgan fingerprint density at radius 2 is 2.12 bits per heavy atom. The van der Waals surface area contributed by atoms with E-state index in [-0.39, 0.29) is 11.8 Å². The molecule has 1 aromatic carbocycles. The van der Waals surface area contributed by atoms with Crippen LogP contribution in [0.3, 0.4) is 0 Å². The number of anilines is 1. The molecule has 1 amide bonds. The highest BCUT2D eigenvalue weighted by molar-refractivity contribution is 7.09. The Bertz CT molecular complexity index is 843. The van der Waals surface area contributed by atoms with Crippen molar-refractivity contribution in [2.75, 3.05) is 11.9 Å². The van der Waals surface area contributed by atoms with Crippen molar-refractivity contribution in [3.8, 4) is 0 Å². The molecule has 128 valence electrons. The van der Waals surface area contributed by atoms with Crippen LogP contribution >= 0.6 is 11.3 Å². The van der Waals surface area contributed by atoms with Gasteiger partial charge < -0.3 is 10.1 Å². The van der Waals surface area contributed by atoms with Gasteiger partial charge in [0.25, 0.3) is 0 Å². The van der Waals surface area contributed by atoms with Crippen LogP contribution in [-0.4, -0.2) is 22.3 Å². The Kier molecular flexibility index (Phi) is 4.63. The second kappa shape index (κ2) is 7.21. The summed E-state index contributed by atoms with van der Waals surface area (Å²) in [5.41, 5.74) is 2.19. The van der Waals surface area contributed by atoms with Crippen molar-refractivity contribution in [2.45, 2.75) is 25.5 Å². The van der Waals surface area contributed by atoms with Crippen LogP contribution in [0.4, 0.5) is 5.82 Å². The first kappa shape index (κ1) is 16.1. The highest BCUT2D eigenvalue weighted by Crippen LogP contribution is 2.33. The van der Waals surface area contributed by atoms with Crippen molar-refractivity contribution < 1.29 is 9.53 Å². The van der Waals surface area contributed by atoms with Crippen molar-refractivity contribution in [1.82, 2.24) is 9.78 Å². The van der Waals surface area contributed by atoms with Crippen molar-refractivity contribution in [3.05, 3.63) is 70.0 Å². The van der Waals surface area contributed by atoms with Crippen LogP contribution in [-0.2, 0) is 22.7 Å². The molecule has 1 atom stereocenters. The van der Waals surface area contributed by atoms with E-state index in [4.69, 9.17) is 4.74 Å². The molecule has 1 aliphatic heterocycles. The maximum atomic E-state index is 12.1. The minimum atomic E-state index is 0.0220. The maximum Gasteiger partial charge on any atom is 0.226 e. The number of ether oxygens (including phenoxy) is 1. The molecule has 4 rings (SSSR count). The minimum absolute atomic E-state index is 0.0220. The molecule has 0 saturated carbocycles. The second-order valence-corrected chi connectivity index (χ2v) is 7.17. The van der Waals surface area contributed by atoms with Crippen LogP contribution in [0, 0.1) is 0 Å². The topological polar surface area (TPSA) is 56.1 Å². The van der Waals surface area contributed by atoms with Gasteiger partial charge in [-0.3, -0.25) is 4.79 Å². The molecule has 0 spiro atoms. The summed E-state index contributed by atoms with van der Waals surface area (Å²) < 4.78 is 7.73. The zero-order valence-corrected chi connectivity index (χ0v) is 14.5. The molecule has 0 bridgehead atoms. The second-order valence-electron chi connectivity index (χ2n) is 6.14. The predicted octanol–water partition coefficient (Wildman–Crippen LogP) is 3.64. The maximum absolute atomic E-state index is 12.1. The van der Waals surface area contributed by atoms with Crippen molar-refractivity contribution in [1.29, 1.82) is 0 Å². The smallest absolute Gasteiger partial charge is 0.226 e. The van der Waals surface area contributed by atoms with E-state index in [0.29, 0.717) is 26.2 Å². The van der Waals surface area contributed by atoms with Crippen LogP contribution < -0.4 is 5.32 Å². The molecular formula is C19H19N3O2S. The van der Waals surface area contributed by atoms with Gasteiger partial charge in [0.2, 0.25) is 5.91 Å². The Hall–Kier alpha value is -2.44. The van der Waals surface area contributed by atoms with E-state index < -0.39 is 0 Å². The Balaban J connectivity index is 1.46. The molecule has 6 heteroatoms. The van der Waals surface area contributed by atoms with E-state index in [1.54, 1.807) is 11.3 Å². The summed E-state index contributed by atoms with van der Waals surface area (Å²) in [6.45, 7) is 1.74. The largest absolute Gasteiger partial charge is 0.376 e. The monoisotopic (exact) mass is 353 g/mol. The average molecular weight is 353 g/mol. The first-order chi connectivity index (χ1) is 12.3. The van der Waals surface area contributed by atoms with Crippen LogP contribution in [0.1, 0.15) is 28.3 Å². The first-order valence-electron chi connectivity index (χ1n) is 8.29. The van der Waals surface area contributed by atoms with Crippen molar-refractivity contribution in [3.63, 3.8) is 0 Å². The molecule has 0 radical (unpaired) electrons. The summed E-state index contributed by atoms with van der Waals surface area (Å²) in [4.78, 5) is 13.3. The van der Waals surface area contributed by atoms with Gasteiger partial charge in [-0.15, -0.1) is 11.3 Å². The van der Waals surface area contributed by atoms with Gasteiger partial charge in [-0.2, -0.15) is 5.10 Å². The zero-order chi connectivity index (χ0) is 17.1. The molecule has 0 saturated heterocycles. The summed E-state index contributed by atoms with van der Waals surface area (Å²) in [7, 11) is 0. The molecule has 0 aliphatic carbocycles. The van der Waals surface area contributed by atoms with E-state index >= 15 is 0 Å². The number of carbonyl (C=O) groups is 1. The summed E-state index contributed by atoms with van der Waals surface area (Å²) >= 11 is 1.69. The van der Waals surface area contributed by atoms with Crippen LogP contribution in [0.5, 0.6) is 0 Å². The summed E-state index contributed by atoms with van der Waals surface area (Å²) in [5, 5.41) is 9.49. The number of hydrogen-bond donors (Lipinski definition) is 1. The molecule has 3 heterocycles. The van der Waals surface area contributed by atoms with Crippen LogP contribution in [0.2, 0.25) is 0 Å². The predicted molar refractivity (Wildman–Crippen MR) is 97.7 cm³/mol. The van der Waals surface area contributed by atoms with Gasteiger partial charge in [0.15, 0.2) is 0 Å². The third-order valence-electron chi connectivity index (χ3n) is 4.31. The number of nitrogens with zero attached hydrogens (tertiary/aromatic N) is 2. The first-order valence-corrected chi connectivity index (χ1v) is 9.17. The summed E-state index contributed by atoms with van der Waals surface area (Å²) in [5.74, 6) is 0.872. The fourth-order valence-electron chi connectivity index (χ4n) is 3.06. The van der Waals surface area contributed by atoms with E-state index in [1.165, 1.54) is 4.88 Å². The number of benzene rings is 1. The molecule has 25 heavy (non-hydrogen) atoms. The molecule has 1 aliphatic rings. The lowest BCUT2D eigenvalue weighted by atomic mass is 9.95. The molecule has 3 aromatic rings. The van der Waals surface area contributed by atoms with E-state index in [1.807, 2.05) is 52.7 Å². The summed E-state index contributed by atoms with van der Waals surface area (Å²) in [6.07, 6.45) is 2.30. The molecule has 2 aromatic heterocycles. The number of aromatic nitrogens is 2. The number of fused-ring (bicyclic) bond motifs is 1. The Labute approximate surface area is 150 Å². The third-order valence-corrected chi connectivity index (χ3v) is 5.17. The quantitative estimate of drug-likeness (QED) is 0.736. The standard InChI is InChI=1S/C19H19N3O2S/c23-18-9-15(13-24-12-14-5-2-1-3-6-14)17-10-20-22(19(17)21-18)11-16-7-4-8-25-16/h1-8,10,15H,9,11-13H2,(H,21,23)/t15-/m1/s1. The van der Waals surface area contributed by atoms with Gasteiger partial charge in [0.05, 0.1) is 26.0 Å². The van der Waals surface area contributed by atoms with E-state index in [0.717, 1.165) is 16.9 Å². The van der Waals surface area contributed by atoms with Gasteiger partial charge >= 0.3 is 0 Å². The van der Waals surface area contributed by atoms with E-state index in [2.05, 4.69) is 16.5 Å². The van der Waals surface area contributed by atoms with E-state index in [9.17, 15) is 4.79 Å². The molecular weight excluding hydrogens is 334 g/mol. The normalized spacial score (nSPS) is 16.5. The van der Waals surface area contributed by atoms with Gasteiger partial charge in [0, 0.05) is 22.8 Å². The minimum Gasteiger partial charge on any atom is -0.376 e. The SMILES string of the molecule is O=C1C[C@H](COCc2ccccc2)c2cnn(Cc3cccs3)c2N1. The number of nitrogens with one attached hydrogen (secondary N) is 1. The Morgan fingerprint density at radius 1 is 1.24 bits per heavy atom. The van der Waals surface area contributed by atoms with Crippen LogP contribution in [0.25, 0.3) is 0 Å². The number of amides is 1. The highest BCUT2D eigenvalue weighted by Gasteiger charge is 2.29. The van der Waals surface area contributed by atoms with Gasteiger partial charge in [-0.05, 0) is 17.0 Å². The lowest BCUT2D eigenvalue weighted by molar-refractivity contribution is -0.117. The molecule has 0 fully saturated rings. The highest BCUT2D eigenvalue weighted by atomic mass is 32.1. The molecule has 5 nitrogen and oxygen atoms in total. The zero-order valence-electron chi connectivity index (χ0n) is 13.7. The number of hydrogen-bond acceptors (Lipinski definition) is 4.